The van der Waals surface area contributed by atoms with Crippen LogP contribution < -0.4 is 4.74 Å². The van der Waals surface area contributed by atoms with Crippen LogP contribution in [0.5, 0.6) is 5.75 Å². The molecule has 168 valence electrons. The highest BCUT2D eigenvalue weighted by Gasteiger charge is 2.16. The van der Waals surface area contributed by atoms with Crippen molar-refractivity contribution in [3.63, 3.8) is 0 Å². The first-order valence-corrected chi connectivity index (χ1v) is 10.8. The van der Waals surface area contributed by atoms with Crippen molar-refractivity contribution in [3.05, 3.63) is 94.8 Å². The molecule has 32 heavy (non-hydrogen) atoms. The molecule has 0 spiro atoms. The molecule has 2 aromatic carbocycles. The van der Waals surface area contributed by atoms with Gasteiger partial charge in [0.1, 0.15) is 18.5 Å². The van der Waals surface area contributed by atoms with Crippen molar-refractivity contribution in [1.82, 2.24) is 4.57 Å². The predicted molar refractivity (Wildman–Crippen MR) is 127 cm³/mol. The summed E-state index contributed by atoms with van der Waals surface area (Å²) < 4.78 is 7.94. The Morgan fingerprint density at radius 2 is 1.81 bits per heavy atom. The Kier molecular flexibility index (Phi) is 8.03. The minimum absolute atomic E-state index is 0.0210. The van der Waals surface area contributed by atoms with Crippen molar-refractivity contribution in [1.29, 1.82) is 0 Å². The van der Waals surface area contributed by atoms with Crippen LogP contribution in [0.25, 0.3) is 6.08 Å². The van der Waals surface area contributed by atoms with Crippen LogP contribution in [-0.4, -0.2) is 28.3 Å². The highest BCUT2D eigenvalue weighted by atomic mass is 17.1. The van der Waals surface area contributed by atoms with E-state index in [0.29, 0.717) is 17.8 Å². The summed E-state index contributed by atoms with van der Waals surface area (Å²) in [6.07, 6.45) is 5.79. The maximum atomic E-state index is 13.0. The van der Waals surface area contributed by atoms with Crippen LogP contribution in [0.2, 0.25) is 0 Å². The molecule has 0 aliphatic heterocycles. The predicted octanol–water partition coefficient (Wildman–Crippen LogP) is 5.94. The first kappa shape index (κ1) is 23.5. The van der Waals surface area contributed by atoms with Crippen LogP contribution in [-0.2, 0) is 11.4 Å². The van der Waals surface area contributed by atoms with Crippen molar-refractivity contribution in [2.75, 3.05) is 6.61 Å². The van der Waals surface area contributed by atoms with Gasteiger partial charge in [-0.1, -0.05) is 68.0 Å². The number of aromatic nitrogens is 1. The molecule has 1 N–H and O–H groups in total. The molecule has 0 aliphatic rings. The van der Waals surface area contributed by atoms with E-state index in [1.165, 1.54) is 0 Å². The molecule has 1 aromatic heterocycles. The topological polar surface area (TPSA) is 60.7 Å². The van der Waals surface area contributed by atoms with Crippen LogP contribution in [0.15, 0.2) is 66.9 Å². The molecule has 0 amide bonds. The van der Waals surface area contributed by atoms with E-state index < -0.39 is 0 Å². The van der Waals surface area contributed by atoms with Crippen molar-refractivity contribution in [3.8, 4) is 5.75 Å². The van der Waals surface area contributed by atoms with Gasteiger partial charge in [0.15, 0.2) is 0 Å². The van der Waals surface area contributed by atoms with Crippen LogP contribution >= 0.6 is 0 Å². The SMILES string of the molecule is Cc1ccc(C(=O)c2cc(C)cn2CC=Cc2cccc(O[C@H](COO)C(C)C)c2)cc1. The minimum atomic E-state index is -0.238. The summed E-state index contributed by atoms with van der Waals surface area (Å²) in [5.74, 6) is 0.936. The fourth-order valence-corrected chi connectivity index (χ4v) is 3.46. The van der Waals surface area contributed by atoms with Crippen molar-refractivity contribution in [2.24, 2.45) is 5.92 Å². The fraction of sp³-hybridized carbons (Fsp3) is 0.296. The number of hydrogen-bond donors (Lipinski definition) is 1. The molecule has 0 saturated heterocycles. The Balaban J connectivity index is 1.72. The van der Waals surface area contributed by atoms with Gasteiger partial charge in [-0.2, -0.15) is 0 Å². The largest absolute Gasteiger partial charge is 0.488 e. The average Bonchev–Trinajstić information content (AvgIpc) is 3.14. The number of carbonyl (C=O) groups excluding carboxylic acids is 1. The molecule has 0 radical (unpaired) electrons. The average molecular weight is 434 g/mol. The molecule has 0 saturated carbocycles. The van der Waals surface area contributed by atoms with Gasteiger partial charge in [0.05, 0.1) is 5.69 Å². The van der Waals surface area contributed by atoms with Crippen molar-refractivity contribution < 1.29 is 19.7 Å². The maximum Gasteiger partial charge on any atom is 0.209 e. The number of nitrogens with zero attached hydrogens (tertiary/aromatic N) is 1. The molecular formula is C27H31NO4. The summed E-state index contributed by atoms with van der Waals surface area (Å²) in [5, 5.41) is 8.77. The molecule has 0 unspecified atom stereocenters. The molecule has 1 atom stereocenters. The van der Waals surface area contributed by atoms with E-state index in [1.54, 1.807) is 0 Å². The Hall–Kier alpha value is -3.15. The second kappa shape index (κ2) is 10.9. The third kappa shape index (κ3) is 6.19. The van der Waals surface area contributed by atoms with E-state index in [4.69, 9.17) is 9.99 Å². The number of carbonyl (C=O) groups is 1. The van der Waals surface area contributed by atoms with Crippen LogP contribution in [0.4, 0.5) is 0 Å². The lowest BCUT2D eigenvalue weighted by atomic mass is 10.1. The molecule has 0 bridgehead atoms. The number of hydrogen-bond acceptors (Lipinski definition) is 4. The normalized spacial score (nSPS) is 12.4. The minimum Gasteiger partial charge on any atom is -0.488 e. The zero-order valence-electron chi connectivity index (χ0n) is 19.1. The molecule has 3 rings (SSSR count). The van der Waals surface area contributed by atoms with Gasteiger partial charge < -0.3 is 9.30 Å². The maximum absolute atomic E-state index is 13.0. The van der Waals surface area contributed by atoms with Crippen LogP contribution in [0.3, 0.4) is 0 Å². The van der Waals surface area contributed by atoms with Gasteiger partial charge in [0.2, 0.25) is 5.78 Å². The highest BCUT2D eigenvalue weighted by Crippen LogP contribution is 2.20. The molecule has 0 fully saturated rings. The number of aryl methyl sites for hydroxylation is 2. The summed E-state index contributed by atoms with van der Waals surface area (Å²) in [7, 11) is 0. The fourth-order valence-electron chi connectivity index (χ4n) is 3.46. The summed E-state index contributed by atoms with van der Waals surface area (Å²) in [6, 6.07) is 17.3. The number of ether oxygens (including phenoxy) is 1. The van der Waals surface area contributed by atoms with Gasteiger partial charge in [-0.3, -0.25) is 10.1 Å². The standard InChI is InChI=1S/C27H31NO4/c1-19(2)26(18-31-30)32-24-9-5-7-22(16-24)8-6-14-28-17-21(4)15-25(28)27(29)23-12-10-20(3)11-13-23/h5-13,15-17,19,26,30H,14,18H2,1-4H3/t26-/m1/s1. The third-order valence-corrected chi connectivity index (χ3v) is 5.32. The zero-order chi connectivity index (χ0) is 23.1. The number of allylic oxidation sites excluding steroid dienone is 1. The van der Waals surface area contributed by atoms with E-state index in [2.05, 4.69) is 4.89 Å². The Labute approximate surface area is 189 Å². The van der Waals surface area contributed by atoms with Crippen molar-refractivity contribution in [2.45, 2.75) is 40.3 Å². The smallest absolute Gasteiger partial charge is 0.209 e. The van der Waals surface area contributed by atoms with E-state index in [-0.39, 0.29) is 24.4 Å². The highest BCUT2D eigenvalue weighted by molar-refractivity contribution is 6.08. The van der Waals surface area contributed by atoms with Gasteiger partial charge in [0, 0.05) is 18.3 Å². The third-order valence-electron chi connectivity index (χ3n) is 5.32. The van der Waals surface area contributed by atoms with Gasteiger partial charge in [-0.15, -0.1) is 0 Å². The van der Waals surface area contributed by atoms with Gasteiger partial charge in [-0.05, 0) is 49.1 Å². The van der Waals surface area contributed by atoms with Crippen LogP contribution in [0.1, 0.15) is 46.6 Å². The number of ketones is 1. The van der Waals surface area contributed by atoms with E-state index >= 15 is 0 Å². The van der Waals surface area contributed by atoms with Gasteiger partial charge in [0.25, 0.3) is 0 Å². The Morgan fingerprint density at radius 1 is 1.06 bits per heavy atom. The van der Waals surface area contributed by atoms with Crippen molar-refractivity contribution >= 4 is 11.9 Å². The second-order valence-corrected chi connectivity index (χ2v) is 8.42. The Morgan fingerprint density at radius 3 is 2.50 bits per heavy atom. The number of benzene rings is 2. The molecule has 3 aromatic rings. The van der Waals surface area contributed by atoms with Crippen LogP contribution in [0, 0.1) is 19.8 Å². The molecule has 5 heteroatoms. The molecule has 1 heterocycles. The zero-order valence-corrected chi connectivity index (χ0v) is 19.1. The summed E-state index contributed by atoms with van der Waals surface area (Å²) in [4.78, 5) is 17.3. The first-order valence-electron chi connectivity index (χ1n) is 10.8. The summed E-state index contributed by atoms with van der Waals surface area (Å²) >= 11 is 0. The van der Waals surface area contributed by atoms with E-state index in [1.807, 2.05) is 105 Å². The van der Waals surface area contributed by atoms with Gasteiger partial charge >= 0.3 is 0 Å². The van der Waals surface area contributed by atoms with E-state index in [9.17, 15) is 4.79 Å². The molecule has 0 aliphatic carbocycles. The van der Waals surface area contributed by atoms with E-state index in [0.717, 1.165) is 22.4 Å². The quantitative estimate of drug-likeness (QED) is 0.244. The monoisotopic (exact) mass is 433 g/mol. The molecule has 5 nitrogen and oxygen atoms in total. The molecular weight excluding hydrogens is 402 g/mol. The number of rotatable bonds is 10. The first-order chi connectivity index (χ1) is 15.4. The lowest BCUT2D eigenvalue weighted by Gasteiger charge is -2.21. The lowest BCUT2D eigenvalue weighted by Crippen LogP contribution is -2.28. The summed E-state index contributed by atoms with van der Waals surface area (Å²) in [6.45, 7) is 8.73. The second-order valence-electron chi connectivity index (χ2n) is 8.42. The Bertz CT molecular complexity index is 1060. The summed E-state index contributed by atoms with van der Waals surface area (Å²) in [5.41, 5.74) is 4.54. The van der Waals surface area contributed by atoms with Gasteiger partial charge in [-0.25, -0.2) is 4.89 Å². The lowest BCUT2D eigenvalue weighted by molar-refractivity contribution is -0.257.